The second-order valence-electron chi connectivity index (χ2n) is 5.95. The third-order valence-electron chi connectivity index (χ3n) is 3.93. The van der Waals surface area contributed by atoms with Crippen molar-refractivity contribution in [2.75, 3.05) is 7.11 Å². The summed E-state index contributed by atoms with van der Waals surface area (Å²) in [5.41, 5.74) is 1.01. The lowest BCUT2D eigenvalue weighted by Gasteiger charge is -2.04. The van der Waals surface area contributed by atoms with E-state index in [0.717, 1.165) is 18.4 Å². The smallest absolute Gasteiger partial charge is 0.160 e. The molecular weight excluding hydrogens is 288 g/mol. The van der Waals surface area contributed by atoms with Crippen LogP contribution in [0.3, 0.4) is 0 Å². The maximum atomic E-state index is 11.8. The molecule has 0 amide bonds. The Morgan fingerprint density at radius 2 is 1.83 bits per heavy atom. The van der Waals surface area contributed by atoms with Gasteiger partial charge >= 0.3 is 0 Å². The minimum atomic E-state index is 0.134. The van der Waals surface area contributed by atoms with E-state index in [4.69, 9.17) is 4.74 Å². The van der Waals surface area contributed by atoms with Crippen molar-refractivity contribution in [1.82, 2.24) is 0 Å². The first-order valence-electron chi connectivity index (χ1n) is 8.72. The molecule has 3 nitrogen and oxygen atoms in total. The van der Waals surface area contributed by atoms with Gasteiger partial charge in [-0.2, -0.15) is 0 Å². The summed E-state index contributed by atoms with van der Waals surface area (Å²) < 4.78 is 5.07. The van der Waals surface area contributed by atoms with Crippen molar-refractivity contribution in [1.29, 1.82) is 0 Å². The SMILES string of the molecule is CCCCCCCCCC(=O)C=CCc1ccc(O)c(OC)c1. The van der Waals surface area contributed by atoms with E-state index in [1.807, 2.05) is 12.1 Å². The van der Waals surface area contributed by atoms with Gasteiger partial charge in [-0.3, -0.25) is 4.79 Å². The number of benzene rings is 1. The van der Waals surface area contributed by atoms with Crippen LogP contribution >= 0.6 is 0 Å². The summed E-state index contributed by atoms with van der Waals surface area (Å²) in [5.74, 6) is 0.796. The molecule has 0 aliphatic rings. The van der Waals surface area contributed by atoms with Crippen molar-refractivity contribution in [3.63, 3.8) is 0 Å². The van der Waals surface area contributed by atoms with Crippen LogP contribution in [0.4, 0.5) is 0 Å². The van der Waals surface area contributed by atoms with E-state index < -0.39 is 0 Å². The molecule has 0 saturated carbocycles. The standard InChI is InChI=1S/C20H30O3/c1-3-4-5-6-7-8-9-12-18(21)13-10-11-17-14-15-19(22)20(16-17)23-2/h10,13-16,22H,3-9,11-12H2,1-2H3. The van der Waals surface area contributed by atoms with Gasteiger partial charge < -0.3 is 9.84 Å². The minimum absolute atomic E-state index is 0.134. The number of ether oxygens (including phenoxy) is 1. The number of hydrogen-bond acceptors (Lipinski definition) is 3. The van der Waals surface area contributed by atoms with Crippen molar-refractivity contribution in [3.05, 3.63) is 35.9 Å². The maximum absolute atomic E-state index is 11.8. The molecule has 0 aliphatic heterocycles. The number of hydrogen-bond donors (Lipinski definition) is 1. The Balaban J connectivity index is 2.20. The van der Waals surface area contributed by atoms with Crippen LogP contribution in [0, 0.1) is 0 Å². The van der Waals surface area contributed by atoms with Crippen molar-refractivity contribution < 1.29 is 14.6 Å². The Bertz CT molecular complexity index is 492. The molecule has 0 atom stereocenters. The number of allylic oxidation sites excluding steroid dienone is 2. The van der Waals surface area contributed by atoms with Gasteiger partial charge in [-0.15, -0.1) is 0 Å². The van der Waals surface area contributed by atoms with Gasteiger partial charge in [0, 0.05) is 6.42 Å². The zero-order valence-corrected chi connectivity index (χ0v) is 14.5. The average Bonchev–Trinajstić information content (AvgIpc) is 2.55. The first-order chi connectivity index (χ1) is 11.2. The molecule has 1 N–H and O–H groups in total. The van der Waals surface area contributed by atoms with Crippen LogP contribution in [0.1, 0.15) is 63.9 Å². The molecule has 0 aromatic heterocycles. The summed E-state index contributed by atoms with van der Waals surface area (Å²) >= 11 is 0. The summed E-state index contributed by atoms with van der Waals surface area (Å²) in [6.07, 6.45) is 13.5. The van der Waals surface area contributed by atoms with Crippen molar-refractivity contribution in [2.24, 2.45) is 0 Å². The second-order valence-corrected chi connectivity index (χ2v) is 5.95. The Morgan fingerprint density at radius 3 is 2.52 bits per heavy atom. The summed E-state index contributed by atoms with van der Waals surface area (Å²) in [7, 11) is 1.53. The lowest BCUT2D eigenvalue weighted by Crippen LogP contribution is -1.93. The molecule has 0 heterocycles. The van der Waals surface area contributed by atoms with Crippen LogP contribution in [0.5, 0.6) is 11.5 Å². The number of carbonyl (C=O) groups is 1. The number of phenolic OH excluding ortho intramolecular Hbond substituents is 1. The van der Waals surface area contributed by atoms with Crippen LogP contribution in [-0.2, 0) is 11.2 Å². The van der Waals surface area contributed by atoms with Crippen LogP contribution in [-0.4, -0.2) is 18.0 Å². The average molecular weight is 318 g/mol. The molecule has 0 spiro atoms. The maximum Gasteiger partial charge on any atom is 0.160 e. The zero-order chi connectivity index (χ0) is 16.9. The highest BCUT2D eigenvalue weighted by molar-refractivity contribution is 5.89. The number of rotatable bonds is 12. The van der Waals surface area contributed by atoms with Gasteiger partial charge in [0.05, 0.1) is 7.11 Å². The highest BCUT2D eigenvalue weighted by Crippen LogP contribution is 2.26. The van der Waals surface area contributed by atoms with Gasteiger partial charge in [0.2, 0.25) is 0 Å². The molecule has 23 heavy (non-hydrogen) atoms. The molecule has 0 aliphatic carbocycles. The molecule has 1 aromatic rings. The Morgan fingerprint density at radius 1 is 1.13 bits per heavy atom. The molecule has 0 fully saturated rings. The Hall–Kier alpha value is -1.77. The van der Waals surface area contributed by atoms with E-state index in [0.29, 0.717) is 18.6 Å². The molecule has 1 rings (SSSR count). The molecule has 3 heteroatoms. The van der Waals surface area contributed by atoms with E-state index in [9.17, 15) is 9.90 Å². The molecule has 1 aromatic carbocycles. The van der Waals surface area contributed by atoms with E-state index in [1.165, 1.54) is 39.2 Å². The zero-order valence-electron chi connectivity index (χ0n) is 14.5. The fraction of sp³-hybridized carbons (Fsp3) is 0.550. The predicted octanol–water partition coefficient (Wildman–Crippen LogP) is 5.21. The fourth-order valence-corrected chi connectivity index (χ4v) is 2.52. The molecule has 0 radical (unpaired) electrons. The Labute approximate surface area is 140 Å². The summed E-state index contributed by atoms with van der Waals surface area (Å²) in [4.78, 5) is 11.8. The van der Waals surface area contributed by atoms with E-state index in [-0.39, 0.29) is 11.5 Å². The second kappa shape index (κ2) is 11.8. The largest absolute Gasteiger partial charge is 0.504 e. The highest BCUT2D eigenvalue weighted by atomic mass is 16.5. The quantitative estimate of drug-likeness (QED) is 0.425. The third kappa shape index (κ3) is 8.44. The first kappa shape index (κ1) is 19.3. The van der Waals surface area contributed by atoms with Gasteiger partial charge in [0.25, 0.3) is 0 Å². The minimum Gasteiger partial charge on any atom is -0.504 e. The summed E-state index contributed by atoms with van der Waals surface area (Å²) in [6.45, 7) is 2.22. The first-order valence-corrected chi connectivity index (χ1v) is 8.72. The topological polar surface area (TPSA) is 46.5 Å². The number of aromatic hydroxyl groups is 1. The number of methoxy groups -OCH3 is 1. The van der Waals surface area contributed by atoms with Gasteiger partial charge in [-0.1, -0.05) is 57.6 Å². The summed E-state index contributed by atoms with van der Waals surface area (Å²) in [6, 6.07) is 5.24. The van der Waals surface area contributed by atoms with Gasteiger partial charge in [0.15, 0.2) is 17.3 Å². The molecule has 0 unspecified atom stereocenters. The van der Waals surface area contributed by atoms with Crippen LogP contribution in [0.2, 0.25) is 0 Å². The lowest BCUT2D eigenvalue weighted by molar-refractivity contribution is -0.114. The summed E-state index contributed by atoms with van der Waals surface area (Å²) in [5, 5.41) is 9.54. The van der Waals surface area contributed by atoms with E-state index in [2.05, 4.69) is 6.92 Å². The highest BCUT2D eigenvalue weighted by Gasteiger charge is 2.02. The lowest BCUT2D eigenvalue weighted by atomic mass is 10.1. The number of unbranched alkanes of at least 4 members (excludes halogenated alkanes) is 6. The van der Waals surface area contributed by atoms with Gasteiger partial charge in [-0.05, 0) is 36.6 Å². The number of phenols is 1. The monoisotopic (exact) mass is 318 g/mol. The van der Waals surface area contributed by atoms with Gasteiger partial charge in [0.1, 0.15) is 0 Å². The molecule has 128 valence electrons. The van der Waals surface area contributed by atoms with Crippen LogP contribution < -0.4 is 4.74 Å². The fourth-order valence-electron chi connectivity index (χ4n) is 2.52. The molecule has 0 saturated heterocycles. The van der Waals surface area contributed by atoms with E-state index in [1.54, 1.807) is 18.2 Å². The molecule has 0 bridgehead atoms. The van der Waals surface area contributed by atoms with E-state index >= 15 is 0 Å². The van der Waals surface area contributed by atoms with Crippen molar-refractivity contribution in [3.8, 4) is 11.5 Å². The van der Waals surface area contributed by atoms with Gasteiger partial charge in [-0.25, -0.2) is 0 Å². The normalized spacial score (nSPS) is 11.0. The number of carbonyl (C=O) groups excluding carboxylic acids is 1. The third-order valence-corrected chi connectivity index (χ3v) is 3.93. The van der Waals surface area contributed by atoms with Crippen molar-refractivity contribution >= 4 is 5.78 Å². The van der Waals surface area contributed by atoms with Crippen molar-refractivity contribution in [2.45, 2.75) is 64.7 Å². The molecular formula is C20H30O3. The van der Waals surface area contributed by atoms with Crippen LogP contribution in [0.25, 0.3) is 0 Å². The van der Waals surface area contributed by atoms with Crippen LogP contribution in [0.15, 0.2) is 30.4 Å². The number of ketones is 1. The predicted molar refractivity (Wildman–Crippen MR) is 95.1 cm³/mol. The Kier molecular flexibility index (Phi) is 9.85.